The van der Waals surface area contributed by atoms with Crippen molar-refractivity contribution < 1.29 is 27.1 Å². The van der Waals surface area contributed by atoms with Crippen LogP contribution in [0.4, 0.5) is 0 Å². The summed E-state index contributed by atoms with van der Waals surface area (Å²) in [6.07, 6.45) is 0.0817. The van der Waals surface area contributed by atoms with Crippen LogP contribution in [0.2, 0.25) is 0 Å². The second kappa shape index (κ2) is 5.22. The number of hydrogen-bond donors (Lipinski definition) is 0. The molecule has 0 saturated carbocycles. The molecule has 0 aromatic carbocycles. The van der Waals surface area contributed by atoms with Crippen LogP contribution in [0, 0.1) is 0 Å². The van der Waals surface area contributed by atoms with E-state index in [9.17, 15) is 8.42 Å². The average molecular weight is 235 g/mol. The Morgan fingerprint density at radius 2 is 2.00 bits per heavy atom. The maximum absolute atomic E-state index is 10.5. The predicted molar refractivity (Wildman–Crippen MR) is 47.7 cm³/mol. The summed E-state index contributed by atoms with van der Waals surface area (Å²) in [4.78, 5) is 4.47. The first-order valence-electron chi connectivity index (χ1n) is 3.65. The number of hydrogen-bond acceptors (Lipinski definition) is 6. The molecule has 1 aliphatic rings. The quantitative estimate of drug-likeness (QED) is 0.377. The molecular formula is C6H12NaO6S. The molecule has 1 radical (unpaired) electrons. The molecule has 0 aromatic rings. The van der Waals surface area contributed by atoms with E-state index in [0.717, 1.165) is 6.26 Å². The third-order valence-corrected chi connectivity index (χ3v) is 1.58. The van der Waals surface area contributed by atoms with Crippen molar-refractivity contribution in [3.63, 3.8) is 0 Å². The molecule has 0 amide bonds. The van der Waals surface area contributed by atoms with Crippen LogP contribution in [-0.4, -0.2) is 62.9 Å². The van der Waals surface area contributed by atoms with Crippen molar-refractivity contribution in [3.05, 3.63) is 0 Å². The molecule has 1 fully saturated rings. The Hall–Kier alpha value is 0.790. The molecule has 1 aliphatic heterocycles. The second-order valence-corrected chi connectivity index (χ2v) is 4.67. The third-order valence-electron chi connectivity index (χ3n) is 1.25. The van der Waals surface area contributed by atoms with Crippen molar-refractivity contribution in [3.8, 4) is 0 Å². The minimum absolute atomic E-state index is 0. The van der Waals surface area contributed by atoms with E-state index >= 15 is 0 Å². The largest absolute Gasteiger partial charge is 0.345 e. The number of ether oxygens (including phenoxy) is 2. The summed E-state index contributed by atoms with van der Waals surface area (Å²) >= 11 is 0. The normalized spacial score (nSPS) is 25.8. The molecule has 0 aromatic heterocycles. The fourth-order valence-corrected chi connectivity index (χ4v) is 1.05. The summed E-state index contributed by atoms with van der Waals surface area (Å²) in [6, 6.07) is 0. The molecule has 14 heavy (non-hydrogen) atoms. The zero-order valence-corrected chi connectivity index (χ0v) is 11.5. The Morgan fingerprint density at radius 3 is 2.36 bits per heavy atom. The summed E-state index contributed by atoms with van der Waals surface area (Å²) < 4.78 is 35.3. The van der Waals surface area contributed by atoms with Crippen molar-refractivity contribution in [1.29, 1.82) is 0 Å². The first-order chi connectivity index (χ1) is 5.79. The smallest absolute Gasteiger partial charge is 0.290 e. The van der Waals surface area contributed by atoms with Crippen LogP contribution >= 0.6 is 0 Å². The summed E-state index contributed by atoms with van der Waals surface area (Å²) in [7, 11) is -3.61. The molecule has 0 unspecified atom stereocenters. The van der Waals surface area contributed by atoms with Gasteiger partial charge in [-0.25, -0.2) is 0 Å². The first-order valence-corrected chi connectivity index (χ1v) is 5.47. The van der Waals surface area contributed by atoms with E-state index in [1.807, 2.05) is 0 Å². The molecule has 79 valence electrons. The van der Waals surface area contributed by atoms with Crippen LogP contribution in [0.1, 0.15) is 13.8 Å². The van der Waals surface area contributed by atoms with Crippen molar-refractivity contribution in [2.75, 3.05) is 12.9 Å². The van der Waals surface area contributed by atoms with Crippen LogP contribution < -0.4 is 0 Å². The van der Waals surface area contributed by atoms with Crippen LogP contribution in [0.15, 0.2) is 0 Å². The molecule has 1 atom stereocenters. The Balaban J connectivity index is 0.00000169. The van der Waals surface area contributed by atoms with Crippen LogP contribution in [0.25, 0.3) is 0 Å². The fraction of sp³-hybridized carbons (Fsp3) is 1.00. The van der Waals surface area contributed by atoms with Gasteiger partial charge in [-0.15, -0.1) is 4.33 Å². The molecule has 1 rings (SSSR count). The van der Waals surface area contributed by atoms with Gasteiger partial charge in [0.2, 0.25) is 6.29 Å². The van der Waals surface area contributed by atoms with E-state index in [1.165, 1.54) is 0 Å². The van der Waals surface area contributed by atoms with Gasteiger partial charge in [-0.3, -0.25) is 0 Å². The minimum atomic E-state index is -3.61. The Kier molecular flexibility index (Phi) is 5.51. The van der Waals surface area contributed by atoms with Crippen LogP contribution in [0.3, 0.4) is 0 Å². The summed E-state index contributed by atoms with van der Waals surface area (Å²) in [5.41, 5.74) is 0. The van der Waals surface area contributed by atoms with Gasteiger partial charge in [0.05, 0.1) is 6.26 Å². The van der Waals surface area contributed by atoms with E-state index in [2.05, 4.69) is 9.22 Å². The molecule has 0 N–H and O–H groups in total. The zero-order chi connectivity index (χ0) is 10.1. The second-order valence-electron chi connectivity index (χ2n) is 3.13. The fourth-order valence-electron chi connectivity index (χ4n) is 0.816. The van der Waals surface area contributed by atoms with E-state index in [1.54, 1.807) is 13.8 Å². The Morgan fingerprint density at radius 1 is 1.43 bits per heavy atom. The topological polar surface area (TPSA) is 71.1 Å². The molecule has 0 aliphatic carbocycles. The maximum Gasteiger partial charge on any atom is 0.290 e. The van der Waals surface area contributed by atoms with E-state index in [-0.39, 0.29) is 36.2 Å². The van der Waals surface area contributed by atoms with Crippen molar-refractivity contribution in [2.45, 2.75) is 25.9 Å². The standard InChI is InChI=1S/C6H12O6S.Na/c1-6(2)9-4-5(10-6)11-12-13(3,7)8;/h5H,4H2,1-3H3;/t5-;/m1./s1. The molecule has 0 spiro atoms. The van der Waals surface area contributed by atoms with Gasteiger partial charge in [-0.05, 0) is 13.8 Å². The monoisotopic (exact) mass is 235 g/mol. The Bertz CT molecular complexity index is 274. The summed E-state index contributed by atoms with van der Waals surface area (Å²) in [6.45, 7) is 3.52. The van der Waals surface area contributed by atoms with Crippen LogP contribution in [0.5, 0.6) is 0 Å². The van der Waals surface area contributed by atoms with Gasteiger partial charge >= 0.3 is 0 Å². The molecule has 8 heteroatoms. The summed E-state index contributed by atoms with van der Waals surface area (Å²) in [5, 5.41) is 0. The minimum Gasteiger partial charge on any atom is -0.345 e. The van der Waals surface area contributed by atoms with Crippen molar-refractivity contribution in [1.82, 2.24) is 0 Å². The van der Waals surface area contributed by atoms with Gasteiger partial charge in [0.1, 0.15) is 6.61 Å². The van der Waals surface area contributed by atoms with Gasteiger partial charge in [0.25, 0.3) is 10.1 Å². The third kappa shape index (κ3) is 5.62. The van der Waals surface area contributed by atoms with Gasteiger partial charge in [0, 0.05) is 29.6 Å². The van der Waals surface area contributed by atoms with E-state index < -0.39 is 22.2 Å². The molecule has 6 nitrogen and oxygen atoms in total. The molecule has 0 bridgehead atoms. The predicted octanol–water partition coefficient (Wildman–Crippen LogP) is -0.378. The molecular weight excluding hydrogens is 223 g/mol. The molecule has 1 saturated heterocycles. The van der Waals surface area contributed by atoms with Gasteiger partial charge < -0.3 is 9.47 Å². The summed E-state index contributed by atoms with van der Waals surface area (Å²) in [5.74, 6) is -0.758. The van der Waals surface area contributed by atoms with Crippen molar-refractivity contribution in [2.24, 2.45) is 0 Å². The van der Waals surface area contributed by atoms with E-state index in [0.29, 0.717) is 0 Å². The zero-order valence-electron chi connectivity index (χ0n) is 8.64. The maximum atomic E-state index is 10.5. The van der Waals surface area contributed by atoms with Gasteiger partial charge in [0.15, 0.2) is 5.79 Å². The first kappa shape index (κ1) is 14.8. The van der Waals surface area contributed by atoms with Gasteiger partial charge in [-0.2, -0.15) is 13.3 Å². The van der Waals surface area contributed by atoms with Gasteiger partial charge in [-0.1, -0.05) is 0 Å². The van der Waals surface area contributed by atoms with Crippen molar-refractivity contribution >= 4 is 39.7 Å². The number of rotatable bonds is 3. The van der Waals surface area contributed by atoms with E-state index in [4.69, 9.17) is 9.47 Å². The average Bonchev–Trinajstić information content (AvgIpc) is 2.24. The van der Waals surface area contributed by atoms with Crippen LogP contribution in [-0.2, 0) is 28.8 Å². The Labute approximate surface area is 105 Å². The SMILES string of the molecule is CC1(C)OC[C@@H](OOS(C)(=O)=O)O1.[Na]. The molecule has 1 heterocycles.